The molecular weight excluding hydrogens is 407 g/mol. The molecule has 0 aliphatic rings. The van der Waals surface area contributed by atoms with Crippen molar-refractivity contribution >= 4 is 41.1 Å². The highest BCUT2D eigenvalue weighted by Crippen LogP contribution is 2.24. The first kappa shape index (κ1) is 21.7. The lowest BCUT2D eigenvalue weighted by molar-refractivity contribution is -0.127. The number of amides is 3. The molecule has 0 radical (unpaired) electrons. The van der Waals surface area contributed by atoms with E-state index in [4.69, 9.17) is 27.9 Å². The summed E-state index contributed by atoms with van der Waals surface area (Å²) in [6.07, 6.45) is -1.20. The van der Waals surface area contributed by atoms with E-state index in [-0.39, 0.29) is 17.3 Å². The number of aryl methyl sites for hydroxylation is 1. The van der Waals surface area contributed by atoms with Gasteiger partial charge in [0.1, 0.15) is 10.7 Å². The van der Waals surface area contributed by atoms with Crippen LogP contribution in [0.25, 0.3) is 0 Å². The summed E-state index contributed by atoms with van der Waals surface area (Å²) in [5, 5.41) is 9.35. The van der Waals surface area contributed by atoms with E-state index in [1.54, 1.807) is 26.0 Å². The fraction of sp³-hybridized carbons (Fsp3) is 0.333. The van der Waals surface area contributed by atoms with E-state index in [2.05, 4.69) is 15.7 Å². The predicted octanol–water partition coefficient (Wildman–Crippen LogP) is 2.94. The van der Waals surface area contributed by atoms with E-state index in [1.165, 1.54) is 11.6 Å². The molecule has 150 valence electrons. The number of imide groups is 1. The van der Waals surface area contributed by atoms with Crippen LogP contribution in [-0.2, 0) is 16.1 Å². The van der Waals surface area contributed by atoms with E-state index >= 15 is 0 Å². The topological polar surface area (TPSA) is 102 Å². The van der Waals surface area contributed by atoms with Gasteiger partial charge in [-0.15, -0.1) is 0 Å². The molecule has 2 rings (SSSR count). The summed E-state index contributed by atoms with van der Waals surface area (Å²) in [5.74, 6) is -1.57. The number of nitrogens with zero attached hydrogens (tertiary/aromatic N) is 2. The number of hydrogen-bond acceptors (Lipinski definition) is 5. The Bertz CT molecular complexity index is 898. The Hall–Kier alpha value is -2.58. The van der Waals surface area contributed by atoms with Crippen LogP contribution in [0, 0.1) is 6.92 Å². The van der Waals surface area contributed by atoms with Crippen LogP contribution in [0.1, 0.15) is 35.5 Å². The third-order valence-corrected chi connectivity index (χ3v) is 4.53. The van der Waals surface area contributed by atoms with Crippen molar-refractivity contribution in [3.63, 3.8) is 0 Å². The van der Waals surface area contributed by atoms with Crippen molar-refractivity contribution in [1.82, 2.24) is 20.4 Å². The van der Waals surface area contributed by atoms with Gasteiger partial charge in [-0.3, -0.25) is 10.1 Å². The summed E-state index contributed by atoms with van der Waals surface area (Å²) < 4.78 is 6.56. The van der Waals surface area contributed by atoms with Crippen molar-refractivity contribution < 1.29 is 19.1 Å². The zero-order valence-electron chi connectivity index (χ0n) is 15.6. The van der Waals surface area contributed by atoms with Gasteiger partial charge in [-0.05, 0) is 32.4 Å². The molecule has 0 aliphatic heterocycles. The molecule has 8 nitrogen and oxygen atoms in total. The summed E-state index contributed by atoms with van der Waals surface area (Å²) in [6, 6.07) is 6.53. The third-order valence-electron chi connectivity index (χ3n) is 3.77. The van der Waals surface area contributed by atoms with Crippen LogP contribution in [0.2, 0.25) is 10.2 Å². The number of ether oxygens (including phenoxy) is 1. The molecule has 0 aliphatic carbocycles. The quantitative estimate of drug-likeness (QED) is 0.691. The van der Waals surface area contributed by atoms with E-state index in [1.807, 2.05) is 12.1 Å². The number of rotatable bonds is 6. The predicted molar refractivity (Wildman–Crippen MR) is 105 cm³/mol. The first-order valence-electron chi connectivity index (χ1n) is 8.50. The van der Waals surface area contributed by atoms with Gasteiger partial charge in [0.15, 0.2) is 6.10 Å². The van der Waals surface area contributed by atoms with E-state index < -0.39 is 24.0 Å². The largest absolute Gasteiger partial charge is 0.449 e. The van der Waals surface area contributed by atoms with Crippen molar-refractivity contribution in [3.8, 4) is 0 Å². The fourth-order valence-corrected chi connectivity index (χ4v) is 2.88. The summed E-state index contributed by atoms with van der Waals surface area (Å²) in [6.45, 7) is 5.28. The summed E-state index contributed by atoms with van der Waals surface area (Å²) in [7, 11) is 0. The lowest BCUT2D eigenvalue weighted by Gasteiger charge is -2.13. The second kappa shape index (κ2) is 9.57. The van der Waals surface area contributed by atoms with E-state index in [0.29, 0.717) is 17.3 Å². The molecule has 2 aromatic rings. The van der Waals surface area contributed by atoms with Crippen LogP contribution < -0.4 is 10.6 Å². The molecule has 0 spiro atoms. The Morgan fingerprint density at radius 2 is 1.93 bits per heavy atom. The van der Waals surface area contributed by atoms with Gasteiger partial charge in [0, 0.05) is 11.6 Å². The maximum absolute atomic E-state index is 12.5. The van der Waals surface area contributed by atoms with Crippen LogP contribution in [0.15, 0.2) is 24.3 Å². The number of nitrogens with one attached hydrogen (secondary N) is 2. The number of urea groups is 1. The minimum Gasteiger partial charge on any atom is -0.449 e. The highest BCUT2D eigenvalue weighted by molar-refractivity contribution is 6.33. The number of carbonyl (C=O) groups excluding carboxylic acids is 3. The van der Waals surface area contributed by atoms with Crippen molar-refractivity contribution in [1.29, 1.82) is 0 Å². The fourth-order valence-electron chi connectivity index (χ4n) is 2.37. The van der Waals surface area contributed by atoms with Gasteiger partial charge in [0.05, 0.1) is 12.2 Å². The molecule has 28 heavy (non-hydrogen) atoms. The maximum atomic E-state index is 12.5. The standard InChI is InChI=1S/C18H20Cl2N4O4/c1-4-21-18(27)22-16(25)11(3)28-17(26)14-10(2)23-24(15(14)20)9-12-7-5-6-8-13(12)19/h5-8,11H,4,9H2,1-3H3,(H2,21,22,25,27)/t11-/m1/s1. The zero-order chi connectivity index (χ0) is 20.8. The Balaban J connectivity index is 2.11. The number of esters is 1. The molecule has 3 amide bonds. The van der Waals surface area contributed by atoms with Crippen molar-refractivity contribution in [2.45, 2.75) is 33.4 Å². The van der Waals surface area contributed by atoms with Crippen LogP contribution in [0.5, 0.6) is 0 Å². The molecule has 0 fully saturated rings. The van der Waals surface area contributed by atoms with E-state index in [0.717, 1.165) is 5.56 Å². The molecule has 1 atom stereocenters. The van der Waals surface area contributed by atoms with Crippen LogP contribution in [-0.4, -0.2) is 40.3 Å². The van der Waals surface area contributed by atoms with Crippen LogP contribution >= 0.6 is 23.2 Å². The Morgan fingerprint density at radius 3 is 2.57 bits per heavy atom. The van der Waals surface area contributed by atoms with Crippen molar-refractivity contribution in [3.05, 3.63) is 51.3 Å². The van der Waals surface area contributed by atoms with Gasteiger partial charge >= 0.3 is 12.0 Å². The molecule has 0 bridgehead atoms. The van der Waals surface area contributed by atoms with Gasteiger partial charge in [-0.1, -0.05) is 41.4 Å². The van der Waals surface area contributed by atoms with Gasteiger partial charge in [0.25, 0.3) is 5.91 Å². The average molecular weight is 427 g/mol. The van der Waals surface area contributed by atoms with Gasteiger partial charge in [-0.25, -0.2) is 14.3 Å². The summed E-state index contributed by atoms with van der Waals surface area (Å²) in [4.78, 5) is 35.8. The number of aromatic nitrogens is 2. The van der Waals surface area contributed by atoms with E-state index in [9.17, 15) is 14.4 Å². The lowest BCUT2D eigenvalue weighted by Crippen LogP contribution is -2.44. The Morgan fingerprint density at radius 1 is 1.25 bits per heavy atom. The first-order valence-corrected chi connectivity index (χ1v) is 9.26. The molecule has 1 heterocycles. The minimum atomic E-state index is -1.20. The van der Waals surface area contributed by atoms with Gasteiger partial charge in [0.2, 0.25) is 0 Å². The smallest absolute Gasteiger partial charge is 0.343 e. The number of benzene rings is 1. The molecule has 0 saturated heterocycles. The minimum absolute atomic E-state index is 0.0476. The zero-order valence-corrected chi connectivity index (χ0v) is 17.1. The van der Waals surface area contributed by atoms with Crippen LogP contribution in [0.3, 0.4) is 0 Å². The monoisotopic (exact) mass is 426 g/mol. The normalized spacial score (nSPS) is 11.6. The molecule has 0 saturated carbocycles. The highest BCUT2D eigenvalue weighted by Gasteiger charge is 2.26. The number of carbonyl (C=O) groups is 3. The first-order chi connectivity index (χ1) is 13.2. The molecule has 2 N–H and O–H groups in total. The maximum Gasteiger partial charge on any atom is 0.343 e. The molecule has 1 aromatic heterocycles. The third kappa shape index (κ3) is 5.24. The molecule has 1 aromatic carbocycles. The van der Waals surface area contributed by atoms with Crippen molar-refractivity contribution in [2.24, 2.45) is 0 Å². The summed E-state index contributed by atoms with van der Waals surface area (Å²) >= 11 is 12.5. The second-order valence-corrected chi connectivity index (χ2v) is 6.66. The Labute approximate surface area is 172 Å². The second-order valence-electron chi connectivity index (χ2n) is 5.90. The highest BCUT2D eigenvalue weighted by atomic mass is 35.5. The molecule has 0 unspecified atom stereocenters. The van der Waals surface area contributed by atoms with Gasteiger partial charge in [-0.2, -0.15) is 5.10 Å². The Kier molecular flexibility index (Phi) is 7.42. The number of hydrogen-bond donors (Lipinski definition) is 2. The lowest BCUT2D eigenvalue weighted by atomic mass is 10.2. The molecular formula is C18H20Cl2N4O4. The molecule has 10 heteroatoms. The number of halogens is 2. The summed E-state index contributed by atoms with van der Waals surface area (Å²) in [5.41, 5.74) is 1.17. The average Bonchev–Trinajstić information content (AvgIpc) is 2.90. The van der Waals surface area contributed by atoms with Crippen molar-refractivity contribution in [2.75, 3.05) is 6.54 Å². The van der Waals surface area contributed by atoms with Crippen LogP contribution in [0.4, 0.5) is 4.79 Å². The van der Waals surface area contributed by atoms with Gasteiger partial charge < -0.3 is 10.1 Å². The SMILES string of the molecule is CCNC(=O)NC(=O)[C@@H](C)OC(=O)c1c(C)nn(Cc2ccccc2Cl)c1Cl.